The van der Waals surface area contributed by atoms with E-state index in [0.717, 1.165) is 27.4 Å². The number of nitrogens with one attached hydrogen (secondary N) is 2. The highest BCUT2D eigenvalue weighted by molar-refractivity contribution is 6.17. The minimum absolute atomic E-state index is 0.313. The van der Waals surface area contributed by atoms with Crippen molar-refractivity contribution in [3.63, 3.8) is 0 Å². The van der Waals surface area contributed by atoms with Crippen LogP contribution in [0.3, 0.4) is 0 Å². The second-order valence-electron chi connectivity index (χ2n) is 5.16. The molecule has 4 aromatic rings. The largest absolute Gasteiger partial charge is 0.461 e. The first-order valence-electron chi connectivity index (χ1n) is 7.36. The van der Waals surface area contributed by atoms with Gasteiger partial charge < -0.3 is 4.74 Å². The molecule has 0 bridgehead atoms. The van der Waals surface area contributed by atoms with E-state index in [4.69, 9.17) is 4.74 Å². The zero-order valence-corrected chi connectivity index (χ0v) is 12.5. The van der Waals surface area contributed by atoms with Crippen LogP contribution in [0, 0.1) is 0 Å². The number of aromatic nitrogens is 4. The Balaban J connectivity index is 2.09. The number of benzene rings is 2. The van der Waals surface area contributed by atoms with Crippen LogP contribution >= 0.6 is 0 Å². The van der Waals surface area contributed by atoms with E-state index in [-0.39, 0.29) is 0 Å². The van der Waals surface area contributed by atoms with Crippen LogP contribution in [0.25, 0.3) is 32.9 Å². The van der Waals surface area contributed by atoms with Crippen molar-refractivity contribution in [2.75, 3.05) is 6.61 Å². The lowest BCUT2D eigenvalue weighted by Gasteiger charge is -2.06. The topological polar surface area (TPSA) is 83.7 Å². The predicted octanol–water partition coefficient (Wildman–Crippen LogP) is 3.28. The van der Waals surface area contributed by atoms with Crippen molar-refractivity contribution >= 4 is 27.8 Å². The van der Waals surface area contributed by atoms with Crippen LogP contribution in [0.2, 0.25) is 0 Å². The fraction of sp³-hybridized carbons (Fsp3) is 0.118. The lowest BCUT2D eigenvalue weighted by molar-refractivity contribution is 0.0521. The third-order valence-electron chi connectivity index (χ3n) is 3.81. The van der Waals surface area contributed by atoms with Gasteiger partial charge in [-0.2, -0.15) is 10.2 Å². The highest BCUT2D eigenvalue weighted by Gasteiger charge is 2.21. The van der Waals surface area contributed by atoms with Crippen molar-refractivity contribution < 1.29 is 9.53 Å². The lowest BCUT2D eigenvalue weighted by atomic mass is 9.98. The summed E-state index contributed by atoms with van der Waals surface area (Å²) < 4.78 is 5.15. The first kappa shape index (κ1) is 13.5. The Morgan fingerprint density at radius 3 is 2.83 bits per heavy atom. The number of esters is 1. The summed E-state index contributed by atoms with van der Waals surface area (Å²) in [6.07, 6.45) is 1.71. The fourth-order valence-electron chi connectivity index (χ4n) is 2.81. The molecule has 114 valence electrons. The second kappa shape index (κ2) is 5.24. The van der Waals surface area contributed by atoms with E-state index in [2.05, 4.69) is 20.4 Å². The van der Waals surface area contributed by atoms with Crippen molar-refractivity contribution in [2.24, 2.45) is 0 Å². The van der Waals surface area contributed by atoms with Crippen LogP contribution in [0.4, 0.5) is 0 Å². The molecule has 0 aliphatic heterocycles. The van der Waals surface area contributed by atoms with E-state index in [9.17, 15) is 4.79 Å². The third kappa shape index (κ3) is 2.07. The van der Waals surface area contributed by atoms with Crippen LogP contribution in [0.5, 0.6) is 0 Å². The van der Waals surface area contributed by atoms with Gasteiger partial charge in [0.15, 0.2) is 5.69 Å². The molecule has 0 amide bonds. The van der Waals surface area contributed by atoms with E-state index in [1.807, 2.05) is 36.4 Å². The van der Waals surface area contributed by atoms with Crippen molar-refractivity contribution in [1.29, 1.82) is 0 Å². The van der Waals surface area contributed by atoms with Crippen molar-refractivity contribution in [1.82, 2.24) is 20.4 Å². The molecule has 6 heteroatoms. The van der Waals surface area contributed by atoms with Crippen molar-refractivity contribution in [2.45, 2.75) is 6.92 Å². The van der Waals surface area contributed by atoms with Gasteiger partial charge in [-0.05, 0) is 24.1 Å². The molecule has 0 aliphatic carbocycles. The number of carbonyl (C=O) groups is 1. The number of hydrogen-bond donors (Lipinski definition) is 2. The molecule has 23 heavy (non-hydrogen) atoms. The van der Waals surface area contributed by atoms with E-state index in [0.29, 0.717) is 17.8 Å². The minimum Gasteiger partial charge on any atom is -0.461 e. The number of aromatic amines is 2. The molecule has 2 aromatic heterocycles. The summed E-state index contributed by atoms with van der Waals surface area (Å²) in [5.74, 6) is -0.407. The summed E-state index contributed by atoms with van der Waals surface area (Å²) in [6, 6.07) is 11.9. The molecule has 0 unspecified atom stereocenters. The monoisotopic (exact) mass is 306 g/mol. The molecule has 6 nitrogen and oxygen atoms in total. The Kier molecular flexibility index (Phi) is 3.08. The lowest BCUT2D eigenvalue weighted by Crippen LogP contribution is -2.05. The van der Waals surface area contributed by atoms with E-state index >= 15 is 0 Å². The molecule has 0 atom stereocenters. The molecule has 2 heterocycles. The molecule has 0 fully saturated rings. The second-order valence-corrected chi connectivity index (χ2v) is 5.16. The van der Waals surface area contributed by atoms with Crippen LogP contribution in [-0.2, 0) is 4.74 Å². The molecule has 0 radical (unpaired) electrons. The molecule has 0 aliphatic rings. The number of nitrogens with zero attached hydrogens (tertiary/aromatic N) is 2. The zero-order valence-electron chi connectivity index (χ0n) is 12.5. The molecule has 4 rings (SSSR count). The number of fused-ring (bicyclic) bond motifs is 3. The molecular weight excluding hydrogens is 292 g/mol. The number of H-pyrrole nitrogens is 2. The number of rotatable bonds is 3. The van der Waals surface area contributed by atoms with E-state index in [1.165, 1.54) is 0 Å². The summed E-state index contributed by atoms with van der Waals surface area (Å²) in [5, 5.41) is 15.8. The summed E-state index contributed by atoms with van der Waals surface area (Å²) in [6.45, 7) is 2.09. The van der Waals surface area contributed by atoms with Gasteiger partial charge in [-0.3, -0.25) is 10.2 Å². The Hall–Kier alpha value is -3.15. The molecule has 0 spiro atoms. The normalized spacial score (nSPS) is 11.2. The van der Waals surface area contributed by atoms with Gasteiger partial charge in [0.2, 0.25) is 0 Å². The average Bonchev–Trinajstić information content (AvgIpc) is 3.21. The van der Waals surface area contributed by atoms with Crippen LogP contribution < -0.4 is 0 Å². The maximum absolute atomic E-state index is 12.3. The van der Waals surface area contributed by atoms with Crippen LogP contribution in [0.1, 0.15) is 17.4 Å². The first-order valence-corrected chi connectivity index (χ1v) is 7.36. The van der Waals surface area contributed by atoms with E-state index < -0.39 is 5.97 Å². The third-order valence-corrected chi connectivity index (χ3v) is 3.81. The summed E-state index contributed by atoms with van der Waals surface area (Å²) in [5.41, 5.74) is 3.86. The molecule has 2 N–H and O–H groups in total. The van der Waals surface area contributed by atoms with Crippen LogP contribution in [-0.4, -0.2) is 33.0 Å². The van der Waals surface area contributed by atoms with Gasteiger partial charge >= 0.3 is 5.97 Å². The Morgan fingerprint density at radius 1 is 1.22 bits per heavy atom. The Labute approximate surface area is 131 Å². The van der Waals surface area contributed by atoms with E-state index in [1.54, 1.807) is 13.1 Å². The minimum atomic E-state index is -0.407. The maximum atomic E-state index is 12.3. The maximum Gasteiger partial charge on any atom is 0.357 e. The number of carbonyl (C=O) groups excluding carboxylic acids is 1. The van der Waals surface area contributed by atoms with Gasteiger partial charge in [-0.25, -0.2) is 4.79 Å². The Morgan fingerprint density at radius 2 is 2.04 bits per heavy atom. The highest BCUT2D eigenvalue weighted by Crippen LogP contribution is 2.35. The molecule has 0 saturated heterocycles. The Bertz CT molecular complexity index is 1000. The standard InChI is InChI=1S/C17H14N4O2/c1-2-23-17(22)16-14-11(10-6-4-3-5-7-10)8-13-12(9-18-19-13)15(14)20-21-16/h3-9H,2H2,1H3,(H,18,19)(H,20,21). The predicted molar refractivity (Wildman–Crippen MR) is 87.1 cm³/mol. The van der Waals surface area contributed by atoms with Crippen molar-refractivity contribution in [3.8, 4) is 11.1 Å². The number of ether oxygens (including phenoxy) is 1. The number of hydrogen-bond acceptors (Lipinski definition) is 4. The summed E-state index contributed by atoms with van der Waals surface area (Å²) in [4.78, 5) is 12.3. The quantitative estimate of drug-likeness (QED) is 0.569. The highest BCUT2D eigenvalue weighted by atomic mass is 16.5. The van der Waals surface area contributed by atoms with Gasteiger partial charge in [0.1, 0.15) is 5.52 Å². The van der Waals surface area contributed by atoms with Gasteiger partial charge in [0.05, 0.1) is 18.3 Å². The van der Waals surface area contributed by atoms with Crippen molar-refractivity contribution in [3.05, 3.63) is 48.3 Å². The van der Waals surface area contributed by atoms with Gasteiger partial charge in [-0.15, -0.1) is 0 Å². The summed E-state index contributed by atoms with van der Waals surface area (Å²) in [7, 11) is 0. The molecular formula is C17H14N4O2. The summed E-state index contributed by atoms with van der Waals surface area (Å²) >= 11 is 0. The fourth-order valence-corrected chi connectivity index (χ4v) is 2.81. The molecule has 0 saturated carbocycles. The average molecular weight is 306 g/mol. The zero-order chi connectivity index (χ0) is 15.8. The smallest absolute Gasteiger partial charge is 0.357 e. The van der Waals surface area contributed by atoms with Gasteiger partial charge in [0, 0.05) is 10.8 Å². The first-order chi connectivity index (χ1) is 11.3. The van der Waals surface area contributed by atoms with Gasteiger partial charge in [-0.1, -0.05) is 30.3 Å². The van der Waals surface area contributed by atoms with Crippen LogP contribution in [0.15, 0.2) is 42.6 Å². The molecule has 2 aromatic carbocycles. The van der Waals surface area contributed by atoms with Gasteiger partial charge in [0.25, 0.3) is 0 Å². The SMILES string of the molecule is CCOC(=O)c1[nH]nc2c1c(-c1ccccc1)cc1[nH]ncc12.